The van der Waals surface area contributed by atoms with Crippen LogP contribution in [0, 0.1) is 5.92 Å². The number of carbonyl (C=O) groups is 1. The van der Waals surface area contributed by atoms with Gasteiger partial charge in [0.2, 0.25) is 15.9 Å². The van der Waals surface area contributed by atoms with E-state index in [0.29, 0.717) is 18.9 Å². The molecule has 1 aromatic rings. The van der Waals surface area contributed by atoms with Crippen molar-refractivity contribution in [1.82, 2.24) is 10.6 Å². The second-order valence-electron chi connectivity index (χ2n) is 5.27. The minimum atomic E-state index is -3.65. The average molecular weight is 331 g/mol. The Morgan fingerprint density at radius 1 is 1.38 bits per heavy atom. The van der Waals surface area contributed by atoms with E-state index in [1.807, 2.05) is 0 Å². The molecule has 1 fully saturated rings. The van der Waals surface area contributed by atoms with Crippen LogP contribution in [-0.2, 0) is 21.4 Å². The highest BCUT2D eigenvalue weighted by molar-refractivity contribution is 7.91. The van der Waals surface area contributed by atoms with Crippen molar-refractivity contribution in [3.05, 3.63) is 17.0 Å². The molecule has 21 heavy (non-hydrogen) atoms. The van der Waals surface area contributed by atoms with Crippen molar-refractivity contribution in [2.45, 2.75) is 36.4 Å². The van der Waals surface area contributed by atoms with Crippen molar-refractivity contribution >= 4 is 27.3 Å². The Labute approximate surface area is 129 Å². The highest BCUT2D eigenvalue weighted by atomic mass is 32.2. The molecular weight excluding hydrogens is 310 g/mol. The van der Waals surface area contributed by atoms with Crippen molar-refractivity contribution in [3.8, 4) is 0 Å². The number of carbonyl (C=O) groups excluding carboxylic acids is 1. The number of nitrogens with one attached hydrogen (secondary N) is 2. The number of sulfonamides is 1. The monoisotopic (exact) mass is 331 g/mol. The minimum Gasteiger partial charge on any atom is -0.351 e. The fraction of sp³-hybridized carbons (Fsp3) is 0.615. The lowest BCUT2D eigenvalue weighted by Gasteiger charge is -2.22. The van der Waals surface area contributed by atoms with E-state index in [0.717, 1.165) is 48.6 Å². The van der Waals surface area contributed by atoms with Gasteiger partial charge >= 0.3 is 0 Å². The maximum Gasteiger partial charge on any atom is 0.247 e. The molecule has 1 aliphatic rings. The third kappa shape index (κ3) is 5.39. The van der Waals surface area contributed by atoms with Gasteiger partial charge in [-0.05, 0) is 50.4 Å². The molecule has 6 nitrogen and oxygen atoms in total. The van der Waals surface area contributed by atoms with Crippen LogP contribution >= 0.6 is 11.3 Å². The van der Waals surface area contributed by atoms with Crippen molar-refractivity contribution in [1.29, 1.82) is 0 Å². The van der Waals surface area contributed by atoms with Gasteiger partial charge in [0.15, 0.2) is 0 Å². The van der Waals surface area contributed by atoms with E-state index in [-0.39, 0.29) is 10.1 Å². The number of thiophene rings is 1. The summed E-state index contributed by atoms with van der Waals surface area (Å²) in [5.41, 5.74) is 0. The van der Waals surface area contributed by atoms with Gasteiger partial charge in [-0.1, -0.05) is 0 Å². The quantitative estimate of drug-likeness (QED) is 0.717. The minimum absolute atomic E-state index is 0.0130. The van der Waals surface area contributed by atoms with E-state index < -0.39 is 10.0 Å². The summed E-state index contributed by atoms with van der Waals surface area (Å²) in [6.45, 7) is 2.43. The maximum absolute atomic E-state index is 11.8. The largest absolute Gasteiger partial charge is 0.351 e. The van der Waals surface area contributed by atoms with Crippen LogP contribution in [0.15, 0.2) is 16.3 Å². The number of amides is 1. The lowest BCUT2D eigenvalue weighted by Crippen LogP contribution is -2.29. The Balaban J connectivity index is 1.72. The zero-order chi connectivity index (χ0) is 15.3. The first-order valence-electron chi connectivity index (χ1n) is 7.04. The molecule has 1 amide bonds. The summed E-state index contributed by atoms with van der Waals surface area (Å²) in [4.78, 5) is 12.6. The molecule has 0 atom stereocenters. The fourth-order valence-corrected chi connectivity index (χ4v) is 4.10. The molecule has 1 saturated heterocycles. The predicted octanol–water partition coefficient (Wildman–Crippen LogP) is 0.791. The smallest absolute Gasteiger partial charge is 0.247 e. The number of nitrogens with two attached hydrogens (primary N) is 1. The second kappa shape index (κ2) is 7.35. The maximum atomic E-state index is 11.8. The van der Waals surface area contributed by atoms with E-state index in [9.17, 15) is 13.2 Å². The molecule has 2 heterocycles. The first-order chi connectivity index (χ1) is 9.95. The van der Waals surface area contributed by atoms with Crippen LogP contribution in [0.4, 0.5) is 0 Å². The topological polar surface area (TPSA) is 101 Å². The highest BCUT2D eigenvalue weighted by Gasteiger charge is 2.15. The molecule has 0 aliphatic carbocycles. The zero-order valence-electron chi connectivity index (χ0n) is 11.8. The summed E-state index contributed by atoms with van der Waals surface area (Å²) in [5, 5.41) is 11.2. The van der Waals surface area contributed by atoms with E-state index in [4.69, 9.17) is 5.14 Å². The lowest BCUT2D eigenvalue weighted by atomic mass is 9.93. The predicted molar refractivity (Wildman–Crippen MR) is 82.4 cm³/mol. The average Bonchev–Trinajstić information content (AvgIpc) is 2.93. The van der Waals surface area contributed by atoms with E-state index in [1.165, 1.54) is 6.07 Å². The highest BCUT2D eigenvalue weighted by Crippen LogP contribution is 2.20. The Hall–Kier alpha value is -0.960. The molecule has 1 aromatic heterocycles. The van der Waals surface area contributed by atoms with Crippen molar-refractivity contribution in [2.24, 2.45) is 11.1 Å². The fourth-order valence-electron chi connectivity index (χ4n) is 2.39. The number of rotatable bonds is 6. The van der Waals surface area contributed by atoms with Crippen LogP contribution < -0.4 is 15.8 Å². The summed E-state index contributed by atoms with van der Waals surface area (Å²) < 4.78 is 22.4. The molecule has 0 radical (unpaired) electrons. The lowest BCUT2D eigenvalue weighted by molar-refractivity contribution is -0.121. The third-order valence-corrected chi connectivity index (χ3v) is 6.14. The van der Waals surface area contributed by atoms with Crippen LogP contribution in [0.1, 0.15) is 30.6 Å². The zero-order valence-corrected chi connectivity index (χ0v) is 13.4. The molecule has 1 aliphatic heterocycles. The first-order valence-corrected chi connectivity index (χ1v) is 9.40. The SMILES string of the molecule is NS(=O)(=O)c1ccc(CNC(=O)CCC2CCNCC2)s1. The third-order valence-electron chi connectivity index (χ3n) is 3.62. The number of primary sulfonamides is 1. The number of hydrogen-bond acceptors (Lipinski definition) is 5. The van der Waals surface area contributed by atoms with Gasteiger partial charge in [-0.3, -0.25) is 4.79 Å². The molecule has 0 bridgehead atoms. The van der Waals surface area contributed by atoms with Crippen LogP contribution in [0.25, 0.3) is 0 Å². The van der Waals surface area contributed by atoms with Gasteiger partial charge in [0.1, 0.15) is 4.21 Å². The van der Waals surface area contributed by atoms with Crippen LogP contribution in [0.3, 0.4) is 0 Å². The van der Waals surface area contributed by atoms with Crippen LogP contribution in [0.2, 0.25) is 0 Å². The van der Waals surface area contributed by atoms with E-state index in [2.05, 4.69) is 10.6 Å². The molecule has 0 saturated carbocycles. The van der Waals surface area contributed by atoms with Gasteiger partial charge in [0, 0.05) is 11.3 Å². The number of piperidine rings is 1. The summed E-state index contributed by atoms with van der Waals surface area (Å²) in [5.74, 6) is 0.645. The van der Waals surface area contributed by atoms with E-state index >= 15 is 0 Å². The Morgan fingerprint density at radius 2 is 2.10 bits per heavy atom. The molecule has 2 rings (SSSR count). The molecule has 0 spiro atoms. The molecule has 0 unspecified atom stereocenters. The Kier molecular flexibility index (Phi) is 5.74. The molecule has 4 N–H and O–H groups in total. The normalized spacial score (nSPS) is 16.8. The summed E-state index contributed by atoms with van der Waals surface area (Å²) in [6, 6.07) is 3.15. The molecule has 8 heteroatoms. The first kappa shape index (κ1) is 16.4. The number of hydrogen-bond donors (Lipinski definition) is 3. The van der Waals surface area contributed by atoms with Gasteiger partial charge in [0.05, 0.1) is 6.54 Å². The second-order valence-corrected chi connectivity index (χ2v) is 8.23. The summed E-state index contributed by atoms with van der Waals surface area (Å²) in [6.07, 6.45) is 3.71. The van der Waals surface area contributed by atoms with Gasteiger partial charge < -0.3 is 10.6 Å². The molecular formula is C13H21N3O3S2. The van der Waals surface area contributed by atoms with Gasteiger partial charge in [0.25, 0.3) is 0 Å². The van der Waals surface area contributed by atoms with Crippen molar-refractivity contribution in [3.63, 3.8) is 0 Å². The van der Waals surface area contributed by atoms with Crippen LogP contribution in [0.5, 0.6) is 0 Å². The Bertz CT molecular complexity index is 577. The standard InChI is InChI=1S/C13H21N3O3S2/c14-21(18,19)13-4-2-11(20-13)9-16-12(17)3-1-10-5-7-15-8-6-10/h2,4,10,15H,1,3,5-9H2,(H,16,17)(H2,14,18,19). The van der Waals surface area contributed by atoms with Gasteiger partial charge in [-0.2, -0.15) is 0 Å². The van der Waals surface area contributed by atoms with E-state index in [1.54, 1.807) is 6.07 Å². The van der Waals surface area contributed by atoms with Crippen molar-refractivity contribution < 1.29 is 13.2 Å². The Morgan fingerprint density at radius 3 is 2.71 bits per heavy atom. The molecule has 0 aromatic carbocycles. The summed E-state index contributed by atoms with van der Waals surface area (Å²) in [7, 11) is -3.65. The van der Waals surface area contributed by atoms with Crippen LogP contribution in [-0.4, -0.2) is 27.4 Å². The van der Waals surface area contributed by atoms with Gasteiger partial charge in [-0.15, -0.1) is 11.3 Å². The molecule has 118 valence electrons. The van der Waals surface area contributed by atoms with Crippen molar-refractivity contribution in [2.75, 3.05) is 13.1 Å². The van der Waals surface area contributed by atoms with Gasteiger partial charge in [-0.25, -0.2) is 13.6 Å². The summed E-state index contributed by atoms with van der Waals surface area (Å²) >= 11 is 1.09.